The van der Waals surface area contributed by atoms with E-state index in [-0.39, 0.29) is 22.6 Å². The summed E-state index contributed by atoms with van der Waals surface area (Å²) in [4.78, 5) is 25.2. The Bertz CT molecular complexity index is 290. The molecule has 0 aromatic rings. The molecule has 0 aromatic heterocycles. The van der Waals surface area contributed by atoms with Crippen LogP contribution in [-0.2, 0) is 9.59 Å². The van der Waals surface area contributed by atoms with E-state index in [0.717, 1.165) is 0 Å². The molecule has 0 aromatic carbocycles. The lowest BCUT2D eigenvalue weighted by Crippen LogP contribution is -2.49. The molecule has 1 rings (SSSR count). The highest BCUT2D eigenvalue weighted by Crippen LogP contribution is 2.33. The Morgan fingerprint density at radius 1 is 1.25 bits per heavy atom. The van der Waals surface area contributed by atoms with Crippen LogP contribution in [-0.4, -0.2) is 29.0 Å². The smallest absolute Gasteiger partial charge is 0.229 e. The van der Waals surface area contributed by atoms with Gasteiger partial charge in [-0.05, 0) is 16.6 Å². The summed E-state index contributed by atoms with van der Waals surface area (Å²) in [6, 6.07) is 0. The fourth-order valence-corrected chi connectivity index (χ4v) is 1.97. The number of imide groups is 1. The molecule has 16 heavy (non-hydrogen) atoms. The number of carbonyl (C=O) groups is 2. The number of amides is 2. The minimum Gasteiger partial charge on any atom is -0.282 e. The standard InChI is InChI=1S/C12H21NO2S/c1-11(2)5-9(14)13(10(15)6-11)7-12(3,4)8-16/h16H,5-8H2,1-4H3. The lowest BCUT2D eigenvalue weighted by Gasteiger charge is -2.38. The fourth-order valence-electron chi connectivity index (χ4n) is 1.87. The number of carbonyl (C=O) groups excluding carboxylic acids is 2. The quantitative estimate of drug-likeness (QED) is 0.609. The molecule has 0 N–H and O–H groups in total. The van der Waals surface area contributed by atoms with Gasteiger partial charge in [-0.15, -0.1) is 0 Å². The van der Waals surface area contributed by atoms with Gasteiger partial charge in [-0.1, -0.05) is 27.7 Å². The van der Waals surface area contributed by atoms with Gasteiger partial charge in [0.25, 0.3) is 0 Å². The van der Waals surface area contributed by atoms with E-state index in [1.54, 1.807) is 0 Å². The maximum absolute atomic E-state index is 11.9. The summed E-state index contributed by atoms with van der Waals surface area (Å²) in [5.41, 5.74) is -0.300. The van der Waals surface area contributed by atoms with Crippen LogP contribution in [0.4, 0.5) is 0 Å². The van der Waals surface area contributed by atoms with Crippen molar-refractivity contribution in [2.75, 3.05) is 12.3 Å². The molecule has 0 bridgehead atoms. The van der Waals surface area contributed by atoms with Gasteiger partial charge in [0.15, 0.2) is 0 Å². The summed E-state index contributed by atoms with van der Waals surface area (Å²) in [6.45, 7) is 8.43. The van der Waals surface area contributed by atoms with Gasteiger partial charge in [0.2, 0.25) is 11.8 Å². The van der Waals surface area contributed by atoms with Crippen molar-refractivity contribution < 1.29 is 9.59 Å². The highest BCUT2D eigenvalue weighted by Gasteiger charge is 2.39. The Morgan fingerprint density at radius 3 is 2.06 bits per heavy atom. The van der Waals surface area contributed by atoms with E-state index in [1.165, 1.54) is 4.90 Å². The van der Waals surface area contributed by atoms with Crippen LogP contribution in [0.5, 0.6) is 0 Å². The second-order valence-electron chi connectivity index (χ2n) is 6.21. The number of nitrogens with zero attached hydrogens (tertiary/aromatic N) is 1. The van der Waals surface area contributed by atoms with Gasteiger partial charge < -0.3 is 0 Å². The predicted octanol–water partition coefficient (Wildman–Crippen LogP) is 2.12. The molecular weight excluding hydrogens is 222 g/mol. The van der Waals surface area contributed by atoms with Crippen LogP contribution in [0.1, 0.15) is 40.5 Å². The Kier molecular flexibility index (Phi) is 3.72. The van der Waals surface area contributed by atoms with Crippen molar-refractivity contribution in [3.63, 3.8) is 0 Å². The van der Waals surface area contributed by atoms with Gasteiger partial charge in [0.1, 0.15) is 0 Å². The number of likely N-dealkylation sites (tertiary alicyclic amines) is 1. The van der Waals surface area contributed by atoms with E-state index in [4.69, 9.17) is 0 Å². The molecule has 0 spiro atoms. The maximum atomic E-state index is 11.9. The topological polar surface area (TPSA) is 37.4 Å². The summed E-state index contributed by atoms with van der Waals surface area (Å²) in [6.07, 6.45) is 0.919. The van der Waals surface area contributed by atoms with Crippen molar-refractivity contribution >= 4 is 24.4 Å². The molecule has 1 saturated heterocycles. The van der Waals surface area contributed by atoms with Gasteiger partial charge in [0.05, 0.1) is 0 Å². The molecule has 2 amide bonds. The van der Waals surface area contributed by atoms with Crippen molar-refractivity contribution in [2.24, 2.45) is 10.8 Å². The van der Waals surface area contributed by atoms with E-state index in [2.05, 4.69) is 12.6 Å². The monoisotopic (exact) mass is 243 g/mol. The maximum Gasteiger partial charge on any atom is 0.229 e. The molecule has 92 valence electrons. The van der Waals surface area contributed by atoms with Crippen molar-refractivity contribution in [1.82, 2.24) is 4.90 Å². The van der Waals surface area contributed by atoms with Crippen LogP contribution in [0.3, 0.4) is 0 Å². The molecule has 0 aliphatic carbocycles. The molecule has 0 radical (unpaired) electrons. The van der Waals surface area contributed by atoms with E-state index >= 15 is 0 Å². The molecular formula is C12H21NO2S. The minimum absolute atomic E-state index is 0.0453. The fraction of sp³-hybridized carbons (Fsp3) is 0.833. The van der Waals surface area contributed by atoms with Crippen LogP contribution in [0.15, 0.2) is 0 Å². The average Bonchev–Trinajstić information content (AvgIpc) is 2.10. The zero-order valence-corrected chi connectivity index (χ0v) is 11.4. The van der Waals surface area contributed by atoms with Crippen molar-refractivity contribution in [1.29, 1.82) is 0 Å². The molecule has 1 fully saturated rings. The molecule has 0 saturated carbocycles. The first-order valence-corrected chi connectivity index (χ1v) is 6.24. The van der Waals surface area contributed by atoms with Crippen LogP contribution in [0.25, 0.3) is 0 Å². The van der Waals surface area contributed by atoms with Crippen molar-refractivity contribution in [3.8, 4) is 0 Å². The predicted molar refractivity (Wildman–Crippen MR) is 67.4 cm³/mol. The van der Waals surface area contributed by atoms with Crippen LogP contribution in [0, 0.1) is 10.8 Å². The Balaban J connectivity index is 2.76. The normalized spacial score (nSPS) is 21.4. The summed E-state index contributed by atoms with van der Waals surface area (Å²) in [5.74, 6) is 0.570. The molecule has 1 heterocycles. The Morgan fingerprint density at radius 2 is 1.69 bits per heavy atom. The van der Waals surface area contributed by atoms with Crippen LogP contribution in [0.2, 0.25) is 0 Å². The first kappa shape index (κ1) is 13.6. The van der Waals surface area contributed by atoms with Gasteiger partial charge >= 0.3 is 0 Å². The molecule has 0 unspecified atom stereocenters. The number of piperidine rings is 1. The molecule has 4 heteroatoms. The van der Waals surface area contributed by atoms with Crippen LogP contribution < -0.4 is 0 Å². The lowest BCUT2D eigenvalue weighted by molar-refractivity contribution is -0.153. The number of thiol groups is 1. The SMILES string of the molecule is CC1(C)CC(=O)N(CC(C)(C)CS)C(=O)C1. The summed E-state index contributed by atoms with van der Waals surface area (Å²) in [7, 11) is 0. The second kappa shape index (κ2) is 4.40. The number of rotatable bonds is 3. The largest absolute Gasteiger partial charge is 0.282 e. The van der Waals surface area contributed by atoms with Gasteiger partial charge in [-0.25, -0.2) is 0 Å². The average molecular weight is 243 g/mol. The Hall–Kier alpha value is -0.510. The molecule has 1 aliphatic rings. The van der Waals surface area contributed by atoms with Crippen molar-refractivity contribution in [3.05, 3.63) is 0 Å². The third kappa shape index (κ3) is 3.24. The Labute approximate surface area is 103 Å². The molecule has 3 nitrogen and oxygen atoms in total. The summed E-state index contributed by atoms with van der Waals surface area (Å²) < 4.78 is 0. The van der Waals surface area contributed by atoms with E-state index in [1.807, 2.05) is 27.7 Å². The van der Waals surface area contributed by atoms with E-state index < -0.39 is 0 Å². The highest BCUT2D eigenvalue weighted by molar-refractivity contribution is 7.80. The first-order chi connectivity index (χ1) is 7.17. The lowest BCUT2D eigenvalue weighted by atomic mass is 9.81. The zero-order valence-electron chi connectivity index (χ0n) is 10.5. The van der Waals surface area contributed by atoms with Gasteiger partial charge in [0, 0.05) is 19.4 Å². The van der Waals surface area contributed by atoms with E-state index in [9.17, 15) is 9.59 Å². The third-order valence-electron chi connectivity index (χ3n) is 2.88. The van der Waals surface area contributed by atoms with E-state index in [0.29, 0.717) is 25.1 Å². The molecule has 1 aliphatic heterocycles. The number of hydrogen-bond acceptors (Lipinski definition) is 3. The zero-order chi connectivity index (χ0) is 12.6. The second-order valence-corrected chi connectivity index (χ2v) is 6.53. The molecule has 0 atom stereocenters. The summed E-state index contributed by atoms with van der Waals surface area (Å²) in [5, 5.41) is 0. The minimum atomic E-state index is -0.185. The first-order valence-electron chi connectivity index (χ1n) is 5.61. The highest BCUT2D eigenvalue weighted by atomic mass is 32.1. The van der Waals surface area contributed by atoms with Gasteiger partial charge in [-0.3, -0.25) is 14.5 Å². The van der Waals surface area contributed by atoms with Crippen molar-refractivity contribution in [2.45, 2.75) is 40.5 Å². The summed E-state index contributed by atoms with van der Waals surface area (Å²) >= 11 is 4.24. The number of hydrogen-bond donors (Lipinski definition) is 1. The van der Waals surface area contributed by atoms with Crippen LogP contribution >= 0.6 is 12.6 Å². The van der Waals surface area contributed by atoms with Gasteiger partial charge in [-0.2, -0.15) is 12.6 Å². The third-order valence-corrected chi connectivity index (χ3v) is 3.73.